The van der Waals surface area contributed by atoms with Crippen LogP contribution < -0.4 is 5.32 Å². The van der Waals surface area contributed by atoms with Gasteiger partial charge in [-0.2, -0.15) is 0 Å². The van der Waals surface area contributed by atoms with Gasteiger partial charge in [-0.1, -0.05) is 38.3 Å². The number of pyridine rings is 1. The van der Waals surface area contributed by atoms with Gasteiger partial charge in [-0.3, -0.25) is 0 Å². The summed E-state index contributed by atoms with van der Waals surface area (Å²) in [6.45, 7) is 4.65. The topological polar surface area (TPSA) is 24.9 Å². The minimum Gasteiger partial charge on any atom is -0.380 e. The first-order chi connectivity index (χ1) is 8.16. The van der Waals surface area contributed by atoms with Crippen LogP contribution in [0.3, 0.4) is 0 Å². The second kappa shape index (κ2) is 5.72. The van der Waals surface area contributed by atoms with E-state index in [0.717, 1.165) is 17.5 Å². The summed E-state index contributed by atoms with van der Waals surface area (Å²) in [5, 5.41) is 4.12. The Bertz CT molecular complexity index is 365. The van der Waals surface area contributed by atoms with Gasteiger partial charge in [0, 0.05) is 12.2 Å². The zero-order valence-corrected chi connectivity index (χ0v) is 11.4. The van der Waals surface area contributed by atoms with E-state index in [9.17, 15) is 0 Å². The fourth-order valence-electron chi connectivity index (χ4n) is 2.68. The van der Waals surface area contributed by atoms with Crippen LogP contribution in [0.5, 0.6) is 0 Å². The molecular formula is C14H21ClN2. The number of aromatic nitrogens is 1. The maximum atomic E-state index is 6.07. The maximum absolute atomic E-state index is 6.07. The molecule has 1 aliphatic rings. The molecule has 3 heteroatoms. The highest BCUT2D eigenvalue weighted by atomic mass is 35.5. The van der Waals surface area contributed by atoms with Crippen molar-refractivity contribution in [3.8, 4) is 0 Å². The van der Waals surface area contributed by atoms with Crippen molar-refractivity contribution in [3.63, 3.8) is 0 Å². The lowest BCUT2D eigenvalue weighted by atomic mass is 9.79. The van der Waals surface area contributed by atoms with Crippen LogP contribution in [0, 0.1) is 11.8 Å². The number of anilines is 1. The molecule has 2 nitrogen and oxygen atoms in total. The lowest BCUT2D eigenvalue weighted by Crippen LogP contribution is -2.29. The molecule has 1 fully saturated rings. The molecular weight excluding hydrogens is 232 g/mol. The first-order valence-electron chi connectivity index (χ1n) is 6.54. The van der Waals surface area contributed by atoms with Gasteiger partial charge in [-0.15, -0.1) is 0 Å². The second-order valence-corrected chi connectivity index (χ2v) is 5.71. The fraction of sp³-hybridized carbons (Fsp3) is 0.643. The molecule has 1 saturated carbocycles. The molecule has 2 rings (SSSR count). The molecule has 1 aromatic heterocycles. The molecule has 1 heterocycles. The van der Waals surface area contributed by atoms with Crippen LogP contribution in [0.1, 0.15) is 39.5 Å². The Morgan fingerprint density at radius 3 is 2.94 bits per heavy atom. The molecule has 2 atom stereocenters. The molecule has 17 heavy (non-hydrogen) atoms. The molecule has 0 aliphatic heterocycles. The Labute approximate surface area is 109 Å². The molecule has 94 valence electrons. The van der Waals surface area contributed by atoms with Gasteiger partial charge in [0.25, 0.3) is 0 Å². The van der Waals surface area contributed by atoms with Crippen molar-refractivity contribution in [2.45, 2.75) is 45.6 Å². The zero-order chi connectivity index (χ0) is 12.3. The van der Waals surface area contributed by atoms with Gasteiger partial charge < -0.3 is 5.32 Å². The minimum atomic E-state index is 0.554. The van der Waals surface area contributed by atoms with Crippen molar-refractivity contribution >= 4 is 17.3 Å². The largest absolute Gasteiger partial charge is 0.380 e. The quantitative estimate of drug-likeness (QED) is 0.809. The summed E-state index contributed by atoms with van der Waals surface area (Å²) in [5.74, 6) is 1.63. The van der Waals surface area contributed by atoms with Crippen molar-refractivity contribution in [3.05, 3.63) is 23.5 Å². The summed E-state index contributed by atoms with van der Waals surface area (Å²) in [5.41, 5.74) is 0.976. The van der Waals surface area contributed by atoms with Crippen LogP contribution in [-0.4, -0.2) is 11.0 Å². The zero-order valence-electron chi connectivity index (χ0n) is 10.6. The predicted octanol–water partition coefficient (Wildman–Crippen LogP) is 4.36. The van der Waals surface area contributed by atoms with Crippen molar-refractivity contribution < 1.29 is 0 Å². The normalized spacial score (nSPS) is 24.9. The second-order valence-electron chi connectivity index (χ2n) is 5.35. The van der Waals surface area contributed by atoms with Gasteiger partial charge in [-0.25, -0.2) is 4.98 Å². The fourth-order valence-corrected chi connectivity index (χ4v) is 2.85. The summed E-state index contributed by atoms with van der Waals surface area (Å²) in [7, 11) is 0. The first kappa shape index (κ1) is 12.7. The van der Waals surface area contributed by atoms with Crippen molar-refractivity contribution in [2.75, 3.05) is 5.32 Å². The molecule has 0 aromatic carbocycles. The molecule has 1 aromatic rings. The third-order valence-corrected chi connectivity index (χ3v) is 4.08. The summed E-state index contributed by atoms with van der Waals surface area (Å²) in [6.07, 6.45) is 6.91. The van der Waals surface area contributed by atoms with Gasteiger partial charge in [0.15, 0.2) is 5.15 Å². The lowest BCUT2D eigenvalue weighted by molar-refractivity contribution is 0.264. The summed E-state index contributed by atoms with van der Waals surface area (Å²) < 4.78 is 0. The van der Waals surface area contributed by atoms with Crippen LogP contribution in [-0.2, 0) is 0 Å². The van der Waals surface area contributed by atoms with E-state index in [1.807, 2.05) is 12.1 Å². The highest BCUT2D eigenvalue weighted by Crippen LogP contribution is 2.32. The molecule has 0 amide bonds. The van der Waals surface area contributed by atoms with E-state index in [1.165, 1.54) is 25.7 Å². The van der Waals surface area contributed by atoms with Gasteiger partial charge in [0.2, 0.25) is 0 Å². The number of nitrogens with zero attached hydrogens (tertiary/aromatic N) is 1. The Morgan fingerprint density at radius 1 is 1.41 bits per heavy atom. The molecule has 1 N–H and O–H groups in total. The molecule has 1 aliphatic carbocycles. The van der Waals surface area contributed by atoms with Crippen molar-refractivity contribution in [2.24, 2.45) is 11.8 Å². The average molecular weight is 253 g/mol. The number of nitrogens with one attached hydrogen (secondary N) is 1. The maximum Gasteiger partial charge on any atom is 0.152 e. The van der Waals surface area contributed by atoms with E-state index in [1.54, 1.807) is 6.20 Å². The van der Waals surface area contributed by atoms with Crippen LogP contribution in [0.4, 0.5) is 5.69 Å². The van der Waals surface area contributed by atoms with Gasteiger partial charge in [-0.05, 0) is 36.8 Å². The van der Waals surface area contributed by atoms with Crippen molar-refractivity contribution in [1.29, 1.82) is 0 Å². The van der Waals surface area contributed by atoms with E-state index >= 15 is 0 Å². The minimum absolute atomic E-state index is 0.554. The Hall–Kier alpha value is -0.760. The van der Waals surface area contributed by atoms with Crippen molar-refractivity contribution in [1.82, 2.24) is 4.98 Å². The van der Waals surface area contributed by atoms with Crippen LogP contribution in [0.2, 0.25) is 5.15 Å². The molecule has 0 bridgehead atoms. The highest BCUT2D eigenvalue weighted by Gasteiger charge is 2.24. The highest BCUT2D eigenvalue weighted by molar-refractivity contribution is 6.31. The first-order valence-corrected chi connectivity index (χ1v) is 6.91. The molecule has 0 saturated heterocycles. The number of halogens is 1. The Morgan fingerprint density at radius 2 is 2.24 bits per heavy atom. The van der Waals surface area contributed by atoms with E-state index < -0.39 is 0 Å². The lowest BCUT2D eigenvalue weighted by Gasteiger charge is -2.32. The van der Waals surface area contributed by atoms with Crippen LogP contribution >= 0.6 is 11.6 Å². The monoisotopic (exact) mass is 252 g/mol. The Kier molecular flexibility index (Phi) is 4.27. The summed E-state index contributed by atoms with van der Waals surface area (Å²) in [6, 6.07) is 4.49. The number of hydrogen-bond donors (Lipinski definition) is 1. The van der Waals surface area contributed by atoms with Crippen LogP contribution in [0.15, 0.2) is 18.3 Å². The molecule has 0 spiro atoms. The predicted molar refractivity (Wildman–Crippen MR) is 73.5 cm³/mol. The van der Waals surface area contributed by atoms with Crippen LogP contribution in [0.25, 0.3) is 0 Å². The van der Waals surface area contributed by atoms with E-state index in [0.29, 0.717) is 11.2 Å². The SMILES string of the molecule is CC(C)C1CCCC(Nc2cccnc2Cl)C1. The summed E-state index contributed by atoms with van der Waals surface area (Å²) in [4.78, 5) is 4.10. The molecule has 2 unspecified atom stereocenters. The number of hydrogen-bond acceptors (Lipinski definition) is 2. The summed E-state index contributed by atoms with van der Waals surface area (Å²) >= 11 is 6.07. The molecule has 0 radical (unpaired) electrons. The number of rotatable bonds is 3. The van der Waals surface area contributed by atoms with E-state index in [-0.39, 0.29) is 0 Å². The smallest absolute Gasteiger partial charge is 0.152 e. The standard InChI is InChI=1S/C14H21ClN2/c1-10(2)11-5-3-6-12(9-11)17-13-7-4-8-16-14(13)15/h4,7-8,10-12,17H,3,5-6,9H2,1-2H3. The van der Waals surface area contributed by atoms with Gasteiger partial charge in [0.05, 0.1) is 5.69 Å². The third-order valence-electron chi connectivity index (χ3n) is 3.78. The van der Waals surface area contributed by atoms with Gasteiger partial charge >= 0.3 is 0 Å². The van der Waals surface area contributed by atoms with E-state index in [2.05, 4.69) is 24.1 Å². The van der Waals surface area contributed by atoms with E-state index in [4.69, 9.17) is 11.6 Å². The van der Waals surface area contributed by atoms with Gasteiger partial charge in [0.1, 0.15) is 0 Å². The average Bonchev–Trinajstić information content (AvgIpc) is 2.32. The third kappa shape index (κ3) is 3.35. The Balaban J connectivity index is 1.97.